The predicted octanol–water partition coefficient (Wildman–Crippen LogP) is 3.17. The van der Waals surface area contributed by atoms with Gasteiger partial charge in [0, 0.05) is 24.9 Å². The molecule has 2 fully saturated rings. The molecule has 3 aliphatic heterocycles. The van der Waals surface area contributed by atoms with E-state index in [9.17, 15) is 14.7 Å². The number of rotatable bonds is 11. The molecule has 1 amide bonds. The Kier molecular flexibility index (Phi) is 9.38. The zero-order chi connectivity index (χ0) is 29.8. The van der Waals surface area contributed by atoms with Crippen molar-refractivity contribution in [1.29, 1.82) is 0 Å². The van der Waals surface area contributed by atoms with Crippen molar-refractivity contribution in [1.82, 2.24) is 4.90 Å². The van der Waals surface area contributed by atoms with Crippen molar-refractivity contribution in [2.45, 2.75) is 52.2 Å². The molecule has 9 nitrogen and oxygen atoms in total. The minimum absolute atomic E-state index is 0.0466. The van der Waals surface area contributed by atoms with Gasteiger partial charge in [0.25, 0.3) is 11.7 Å². The number of methoxy groups -OCH3 is 1. The molecule has 2 aromatic carbocycles. The molecule has 0 bridgehead atoms. The Morgan fingerprint density at radius 3 is 2.64 bits per heavy atom. The number of fused-ring (bicyclic) bond motifs is 1. The average Bonchev–Trinajstić information content (AvgIpc) is 3.48. The Morgan fingerprint density at radius 2 is 1.90 bits per heavy atom. The standard InChI is InChI=1S/C33H42N2O7/c1-21(2)10-15-41-27-9-6-23(20-28(27)39-4)30-29(31(36)24-7-8-26-25(19-24)18-22(3)42-26)32(37)33(38)35(30)12-5-11-34-13-16-40-17-14-34/h6-9,19-22,30,36H,5,10-18H2,1-4H3/p+1/t22-,30-/m1/s1. The second-order valence-corrected chi connectivity index (χ2v) is 11.9. The minimum Gasteiger partial charge on any atom is -0.507 e. The van der Waals surface area contributed by atoms with Crippen molar-refractivity contribution in [3.8, 4) is 17.2 Å². The van der Waals surface area contributed by atoms with Gasteiger partial charge in [0.2, 0.25) is 0 Å². The van der Waals surface area contributed by atoms with Crippen LogP contribution in [0.5, 0.6) is 17.2 Å². The molecule has 226 valence electrons. The molecule has 42 heavy (non-hydrogen) atoms. The fraction of sp³-hybridized carbons (Fsp3) is 0.515. The fourth-order valence-corrected chi connectivity index (χ4v) is 5.97. The molecule has 2 atom stereocenters. The van der Waals surface area contributed by atoms with E-state index in [2.05, 4.69) is 13.8 Å². The van der Waals surface area contributed by atoms with E-state index in [4.69, 9.17) is 18.9 Å². The van der Waals surface area contributed by atoms with Crippen LogP contribution in [0.25, 0.3) is 5.76 Å². The van der Waals surface area contributed by atoms with Crippen LogP contribution in [0.1, 0.15) is 56.3 Å². The Morgan fingerprint density at radius 1 is 1.12 bits per heavy atom. The highest BCUT2D eigenvalue weighted by molar-refractivity contribution is 6.46. The summed E-state index contributed by atoms with van der Waals surface area (Å²) in [6.45, 7) is 11.4. The van der Waals surface area contributed by atoms with E-state index in [1.54, 1.807) is 18.1 Å². The Balaban J connectivity index is 1.49. The van der Waals surface area contributed by atoms with Crippen LogP contribution in [0.2, 0.25) is 0 Å². The Bertz CT molecular complexity index is 1330. The minimum atomic E-state index is -0.758. The van der Waals surface area contributed by atoms with E-state index in [1.807, 2.05) is 37.3 Å². The van der Waals surface area contributed by atoms with E-state index in [-0.39, 0.29) is 17.4 Å². The quantitative estimate of drug-likeness (QED) is 0.240. The van der Waals surface area contributed by atoms with E-state index >= 15 is 0 Å². The van der Waals surface area contributed by atoms with Crippen LogP contribution in [0.3, 0.4) is 0 Å². The highest BCUT2D eigenvalue weighted by Crippen LogP contribution is 2.43. The molecular formula is C33H43N2O7+. The van der Waals surface area contributed by atoms with Gasteiger partial charge in [0.1, 0.15) is 30.7 Å². The third kappa shape index (κ3) is 6.42. The zero-order valence-corrected chi connectivity index (χ0v) is 25.1. The predicted molar refractivity (Wildman–Crippen MR) is 158 cm³/mol. The monoisotopic (exact) mass is 579 g/mol. The summed E-state index contributed by atoms with van der Waals surface area (Å²) in [5.41, 5.74) is 2.23. The van der Waals surface area contributed by atoms with Gasteiger partial charge in [-0.2, -0.15) is 0 Å². The molecule has 3 heterocycles. The molecule has 2 saturated heterocycles. The molecular weight excluding hydrogens is 536 g/mol. The molecule has 0 radical (unpaired) electrons. The SMILES string of the molecule is COc1cc([C@@H]2C(=C(O)c3ccc4c(c3)C[C@@H](C)O4)C(=O)C(=O)N2CCC[NH+]2CCOCC2)ccc1OCCC(C)C. The van der Waals surface area contributed by atoms with Crippen molar-refractivity contribution in [2.24, 2.45) is 5.92 Å². The highest BCUT2D eigenvalue weighted by atomic mass is 16.5. The summed E-state index contributed by atoms with van der Waals surface area (Å²) in [6.07, 6.45) is 2.39. The van der Waals surface area contributed by atoms with Crippen molar-refractivity contribution in [3.05, 3.63) is 58.7 Å². The number of ether oxygens (including phenoxy) is 4. The number of carbonyl (C=O) groups is 2. The molecule has 2 aromatic rings. The second kappa shape index (κ2) is 13.2. The summed E-state index contributed by atoms with van der Waals surface area (Å²) in [6, 6.07) is 10.1. The van der Waals surface area contributed by atoms with Crippen LogP contribution in [-0.4, -0.2) is 80.9 Å². The number of ketones is 1. The van der Waals surface area contributed by atoms with Crippen molar-refractivity contribution < 1.29 is 38.5 Å². The zero-order valence-electron chi connectivity index (χ0n) is 25.1. The first-order valence-corrected chi connectivity index (χ1v) is 15.1. The first-order chi connectivity index (χ1) is 20.3. The maximum atomic E-state index is 13.6. The molecule has 3 aliphatic rings. The summed E-state index contributed by atoms with van der Waals surface area (Å²) in [7, 11) is 1.57. The van der Waals surface area contributed by atoms with Gasteiger partial charge in [-0.25, -0.2) is 0 Å². The molecule has 0 aromatic heterocycles. The number of nitrogens with one attached hydrogen (secondary N) is 1. The van der Waals surface area contributed by atoms with Crippen LogP contribution < -0.4 is 19.1 Å². The number of hydrogen-bond acceptors (Lipinski definition) is 7. The average molecular weight is 580 g/mol. The van der Waals surface area contributed by atoms with E-state index in [0.29, 0.717) is 48.1 Å². The van der Waals surface area contributed by atoms with Gasteiger partial charge in [0.05, 0.1) is 45.1 Å². The lowest BCUT2D eigenvalue weighted by molar-refractivity contribution is -0.908. The molecule has 5 rings (SSSR count). The van der Waals surface area contributed by atoms with Crippen LogP contribution in [-0.2, 0) is 20.7 Å². The number of nitrogens with zero attached hydrogens (tertiary/aromatic N) is 1. The summed E-state index contributed by atoms with van der Waals surface area (Å²) >= 11 is 0. The number of quaternary nitrogens is 1. The molecule has 2 N–H and O–H groups in total. The van der Waals surface area contributed by atoms with Crippen molar-refractivity contribution >= 4 is 17.4 Å². The maximum Gasteiger partial charge on any atom is 0.295 e. The van der Waals surface area contributed by atoms with E-state index < -0.39 is 17.7 Å². The Hall–Kier alpha value is -3.56. The normalized spacial score (nSPS) is 22.0. The second-order valence-electron chi connectivity index (χ2n) is 11.9. The lowest BCUT2D eigenvalue weighted by Gasteiger charge is -2.28. The summed E-state index contributed by atoms with van der Waals surface area (Å²) in [5.74, 6) is 0.928. The summed E-state index contributed by atoms with van der Waals surface area (Å²) in [4.78, 5) is 30.1. The molecule has 0 unspecified atom stereocenters. The number of carbonyl (C=O) groups excluding carboxylic acids is 2. The van der Waals surface area contributed by atoms with Gasteiger partial charge in [0.15, 0.2) is 11.5 Å². The van der Waals surface area contributed by atoms with Gasteiger partial charge >= 0.3 is 0 Å². The largest absolute Gasteiger partial charge is 0.507 e. The van der Waals surface area contributed by atoms with Gasteiger partial charge < -0.3 is 33.9 Å². The molecule has 0 aliphatic carbocycles. The number of Topliss-reactive ketones (excluding diaryl/α,β-unsaturated/α-hetero) is 1. The number of aliphatic hydroxyl groups is 1. The third-order valence-corrected chi connectivity index (χ3v) is 8.29. The summed E-state index contributed by atoms with van der Waals surface area (Å²) < 4.78 is 23.0. The molecule has 9 heteroatoms. The third-order valence-electron chi connectivity index (χ3n) is 8.29. The van der Waals surface area contributed by atoms with Crippen LogP contribution in [0.4, 0.5) is 0 Å². The first kappa shape index (κ1) is 29.9. The van der Waals surface area contributed by atoms with E-state index in [1.165, 1.54) is 4.90 Å². The maximum absolute atomic E-state index is 13.6. The van der Waals surface area contributed by atoms with Crippen molar-refractivity contribution in [2.75, 3.05) is 53.1 Å². The van der Waals surface area contributed by atoms with E-state index in [0.717, 1.165) is 57.0 Å². The van der Waals surface area contributed by atoms with Gasteiger partial charge in [-0.1, -0.05) is 19.9 Å². The fourth-order valence-electron chi connectivity index (χ4n) is 5.97. The highest BCUT2D eigenvalue weighted by Gasteiger charge is 2.46. The summed E-state index contributed by atoms with van der Waals surface area (Å²) in [5, 5.41) is 11.6. The molecule has 0 saturated carbocycles. The molecule has 0 spiro atoms. The Labute approximate surface area is 248 Å². The van der Waals surface area contributed by atoms with Gasteiger partial charge in [-0.15, -0.1) is 0 Å². The number of hydrogen-bond donors (Lipinski definition) is 2. The lowest BCUT2D eigenvalue weighted by Crippen LogP contribution is -3.14. The van der Waals surface area contributed by atoms with Gasteiger partial charge in [-0.05, 0) is 60.7 Å². The first-order valence-electron chi connectivity index (χ1n) is 15.1. The number of likely N-dealkylation sites (tertiary alicyclic amines) is 1. The van der Waals surface area contributed by atoms with Gasteiger partial charge in [-0.3, -0.25) is 9.59 Å². The number of amides is 1. The number of benzene rings is 2. The topological polar surface area (TPSA) is 99.0 Å². The van der Waals surface area contributed by atoms with Crippen molar-refractivity contribution in [3.63, 3.8) is 0 Å². The smallest absolute Gasteiger partial charge is 0.295 e. The number of morpholine rings is 1. The van der Waals surface area contributed by atoms with Crippen LogP contribution >= 0.6 is 0 Å². The van der Waals surface area contributed by atoms with Crippen LogP contribution in [0.15, 0.2) is 42.0 Å². The lowest BCUT2D eigenvalue weighted by atomic mass is 9.94. The van der Waals surface area contributed by atoms with Crippen LogP contribution in [0, 0.1) is 5.92 Å². The number of aliphatic hydroxyl groups excluding tert-OH is 1.